The van der Waals surface area contributed by atoms with Crippen LogP contribution in [-0.4, -0.2) is 35.5 Å². The normalized spacial score (nSPS) is 15.4. The lowest BCUT2D eigenvalue weighted by molar-refractivity contribution is -0.128. The summed E-state index contributed by atoms with van der Waals surface area (Å²) in [6.07, 6.45) is 0. The molecule has 168 valence electrons. The number of nitrogens with zero attached hydrogens (tertiary/aromatic N) is 1. The van der Waals surface area contributed by atoms with Gasteiger partial charge in [0.2, 0.25) is 5.91 Å². The van der Waals surface area contributed by atoms with Gasteiger partial charge in [-0.3, -0.25) is 9.59 Å². The summed E-state index contributed by atoms with van der Waals surface area (Å²) in [6, 6.07) is 22.2. The largest absolute Gasteiger partial charge is 0.465 e. The van der Waals surface area contributed by atoms with Gasteiger partial charge in [0.15, 0.2) is 0 Å². The van der Waals surface area contributed by atoms with E-state index in [-0.39, 0.29) is 17.2 Å². The molecule has 7 heteroatoms. The second-order valence-corrected chi connectivity index (χ2v) is 8.84. The zero-order chi connectivity index (χ0) is 23.4. The molecule has 1 aliphatic heterocycles. The van der Waals surface area contributed by atoms with Crippen LogP contribution in [0.5, 0.6) is 0 Å². The van der Waals surface area contributed by atoms with Crippen molar-refractivity contribution in [3.05, 3.63) is 101 Å². The van der Waals surface area contributed by atoms with Crippen molar-refractivity contribution in [3.8, 4) is 0 Å². The van der Waals surface area contributed by atoms with Crippen LogP contribution in [0.1, 0.15) is 42.8 Å². The highest BCUT2D eigenvalue weighted by molar-refractivity contribution is 8.00. The van der Waals surface area contributed by atoms with Crippen molar-refractivity contribution >= 4 is 35.2 Å². The highest BCUT2D eigenvalue weighted by Gasteiger charge is 2.32. The van der Waals surface area contributed by atoms with Crippen LogP contribution in [0.4, 0.5) is 5.69 Å². The predicted molar refractivity (Wildman–Crippen MR) is 129 cm³/mol. The summed E-state index contributed by atoms with van der Waals surface area (Å²) in [5.74, 6) is -0.187. The summed E-state index contributed by atoms with van der Waals surface area (Å²) in [5.41, 5.74) is 4.31. The molecule has 1 saturated heterocycles. The van der Waals surface area contributed by atoms with Crippen molar-refractivity contribution in [2.24, 2.45) is 0 Å². The number of aryl methyl sites for hydroxylation is 1. The maximum Gasteiger partial charge on any atom is 0.337 e. The SMILES string of the molecule is COC(=O)c1ccc(C)c(NC(=O)c2ccc([C@H]3SCC(=O)N3Cc3ccccc3)cc2)c1. The minimum atomic E-state index is -0.460. The lowest BCUT2D eigenvalue weighted by atomic mass is 10.1. The maximum absolute atomic E-state index is 12.8. The molecule has 1 aliphatic rings. The van der Waals surface area contributed by atoms with Gasteiger partial charge < -0.3 is 15.0 Å². The molecule has 1 atom stereocenters. The lowest BCUT2D eigenvalue weighted by Crippen LogP contribution is -2.27. The molecule has 0 unspecified atom stereocenters. The number of thioether (sulfide) groups is 1. The van der Waals surface area contributed by atoms with Gasteiger partial charge in [0.1, 0.15) is 5.37 Å². The minimum Gasteiger partial charge on any atom is -0.465 e. The third kappa shape index (κ3) is 5.09. The topological polar surface area (TPSA) is 75.7 Å². The van der Waals surface area contributed by atoms with Gasteiger partial charge in [0, 0.05) is 17.8 Å². The summed E-state index contributed by atoms with van der Waals surface area (Å²) in [5, 5.41) is 2.78. The maximum atomic E-state index is 12.8. The van der Waals surface area contributed by atoms with Crippen molar-refractivity contribution in [2.45, 2.75) is 18.8 Å². The third-order valence-electron chi connectivity index (χ3n) is 5.53. The Labute approximate surface area is 196 Å². The van der Waals surface area contributed by atoms with Crippen LogP contribution in [0, 0.1) is 6.92 Å². The van der Waals surface area contributed by atoms with Crippen LogP contribution in [0.2, 0.25) is 0 Å². The Balaban J connectivity index is 1.48. The molecule has 2 amide bonds. The molecule has 0 aromatic heterocycles. The Morgan fingerprint density at radius 2 is 1.73 bits per heavy atom. The fourth-order valence-corrected chi connectivity index (χ4v) is 4.86. The molecule has 1 N–H and O–H groups in total. The van der Waals surface area contributed by atoms with E-state index in [1.807, 2.05) is 54.3 Å². The van der Waals surface area contributed by atoms with Crippen LogP contribution in [-0.2, 0) is 16.1 Å². The van der Waals surface area contributed by atoms with E-state index in [1.54, 1.807) is 42.1 Å². The van der Waals surface area contributed by atoms with Crippen molar-refractivity contribution in [2.75, 3.05) is 18.2 Å². The van der Waals surface area contributed by atoms with Crippen molar-refractivity contribution in [1.82, 2.24) is 4.90 Å². The number of ether oxygens (including phenoxy) is 1. The number of rotatable bonds is 6. The van der Waals surface area contributed by atoms with E-state index in [9.17, 15) is 14.4 Å². The highest BCUT2D eigenvalue weighted by Crippen LogP contribution is 2.39. The van der Waals surface area contributed by atoms with Gasteiger partial charge in [-0.05, 0) is 47.9 Å². The monoisotopic (exact) mass is 460 g/mol. The van der Waals surface area contributed by atoms with Crippen LogP contribution >= 0.6 is 11.8 Å². The van der Waals surface area contributed by atoms with E-state index in [0.717, 1.165) is 16.7 Å². The second-order valence-electron chi connectivity index (χ2n) is 7.77. The van der Waals surface area contributed by atoms with Crippen molar-refractivity contribution in [1.29, 1.82) is 0 Å². The molecular weight excluding hydrogens is 436 g/mol. The first-order valence-electron chi connectivity index (χ1n) is 10.5. The number of hydrogen-bond donors (Lipinski definition) is 1. The van der Waals surface area contributed by atoms with E-state index in [0.29, 0.717) is 29.1 Å². The fourth-order valence-electron chi connectivity index (χ4n) is 3.68. The zero-order valence-electron chi connectivity index (χ0n) is 18.4. The molecule has 0 bridgehead atoms. The molecular formula is C26H24N2O4S. The molecule has 0 aliphatic carbocycles. The minimum absolute atomic E-state index is 0.0891. The number of carbonyl (C=O) groups excluding carboxylic acids is 3. The molecule has 3 aromatic carbocycles. The molecule has 3 aromatic rings. The number of amides is 2. The van der Waals surface area contributed by atoms with Crippen LogP contribution in [0.3, 0.4) is 0 Å². The van der Waals surface area contributed by atoms with E-state index in [1.165, 1.54) is 7.11 Å². The standard InChI is InChI=1S/C26H24N2O4S/c1-17-8-9-21(26(31)32-2)14-22(17)27-24(30)19-10-12-20(13-11-19)25-28(23(29)16-33-25)15-18-6-4-3-5-7-18/h3-14,25H,15-16H2,1-2H3,(H,27,30)/t25-/m1/s1. The Bertz CT molecular complexity index is 1180. The first-order chi connectivity index (χ1) is 16.0. The number of hydrogen-bond acceptors (Lipinski definition) is 5. The first-order valence-corrected chi connectivity index (χ1v) is 11.6. The van der Waals surface area contributed by atoms with E-state index < -0.39 is 5.97 Å². The summed E-state index contributed by atoms with van der Waals surface area (Å²) in [4.78, 5) is 39.0. The average molecular weight is 461 g/mol. The van der Waals surface area contributed by atoms with Gasteiger partial charge in [0.25, 0.3) is 5.91 Å². The highest BCUT2D eigenvalue weighted by atomic mass is 32.2. The molecule has 4 rings (SSSR count). The van der Waals surface area contributed by atoms with Gasteiger partial charge in [-0.1, -0.05) is 48.5 Å². The summed E-state index contributed by atoms with van der Waals surface area (Å²) < 4.78 is 4.75. The van der Waals surface area contributed by atoms with Crippen LogP contribution < -0.4 is 5.32 Å². The average Bonchev–Trinajstić information content (AvgIpc) is 3.20. The number of methoxy groups -OCH3 is 1. The number of esters is 1. The van der Waals surface area contributed by atoms with E-state index in [4.69, 9.17) is 4.74 Å². The van der Waals surface area contributed by atoms with Gasteiger partial charge >= 0.3 is 5.97 Å². The Morgan fingerprint density at radius 1 is 1.03 bits per heavy atom. The predicted octanol–water partition coefficient (Wildman–Crippen LogP) is 4.81. The van der Waals surface area contributed by atoms with Crippen molar-refractivity contribution < 1.29 is 19.1 Å². The molecule has 0 radical (unpaired) electrons. The zero-order valence-corrected chi connectivity index (χ0v) is 19.2. The quantitative estimate of drug-likeness (QED) is 0.535. The van der Waals surface area contributed by atoms with Crippen molar-refractivity contribution in [3.63, 3.8) is 0 Å². The Morgan fingerprint density at radius 3 is 2.42 bits per heavy atom. The Kier molecular flexibility index (Phi) is 6.79. The fraction of sp³-hybridized carbons (Fsp3) is 0.192. The van der Waals surface area contributed by atoms with Crippen LogP contribution in [0.25, 0.3) is 0 Å². The van der Waals surface area contributed by atoms with E-state index >= 15 is 0 Å². The molecule has 6 nitrogen and oxygen atoms in total. The molecule has 33 heavy (non-hydrogen) atoms. The lowest BCUT2D eigenvalue weighted by Gasteiger charge is -2.24. The summed E-state index contributed by atoms with van der Waals surface area (Å²) in [7, 11) is 1.32. The van der Waals surface area contributed by atoms with Crippen LogP contribution in [0.15, 0.2) is 72.8 Å². The summed E-state index contributed by atoms with van der Waals surface area (Å²) >= 11 is 1.59. The molecule has 1 fully saturated rings. The number of carbonyl (C=O) groups is 3. The van der Waals surface area contributed by atoms with Gasteiger partial charge in [0.05, 0.1) is 18.4 Å². The smallest absolute Gasteiger partial charge is 0.337 e. The first kappa shape index (κ1) is 22.6. The molecule has 0 spiro atoms. The van der Waals surface area contributed by atoms with Gasteiger partial charge in [-0.25, -0.2) is 4.79 Å². The second kappa shape index (κ2) is 9.92. The van der Waals surface area contributed by atoms with Gasteiger partial charge in [-0.15, -0.1) is 11.8 Å². The Hall–Kier alpha value is -3.58. The molecule has 1 heterocycles. The number of nitrogens with one attached hydrogen (secondary N) is 1. The number of anilines is 1. The summed E-state index contributed by atoms with van der Waals surface area (Å²) in [6.45, 7) is 2.41. The van der Waals surface area contributed by atoms with E-state index in [2.05, 4.69) is 5.32 Å². The molecule has 0 saturated carbocycles. The third-order valence-corrected chi connectivity index (χ3v) is 6.78. The number of benzene rings is 3. The van der Waals surface area contributed by atoms with Gasteiger partial charge in [-0.2, -0.15) is 0 Å².